The van der Waals surface area contributed by atoms with Crippen molar-refractivity contribution in [1.29, 1.82) is 0 Å². The number of hydrogen-bond donors (Lipinski definition) is 2. The van der Waals surface area contributed by atoms with Gasteiger partial charge in [0.25, 0.3) is 5.91 Å². The van der Waals surface area contributed by atoms with Gasteiger partial charge in [-0.15, -0.1) is 0 Å². The number of aromatic nitrogens is 1. The van der Waals surface area contributed by atoms with Gasteiger partial charge in [-0.1, -0.05) is 24.8 Å². The van der Waals surface area contributed by atoms with Crippen LogP contribution in [0.3, 0.4) is 0 Å². The highest BCUT2D eigenvalue weighted by Gasteiger charge is 2.34. The molecule has 3 atom stereocenters. The summed E-state index contributed by atoms with van der Waals surface area (Å²) in [6, 6.07) is 6.36. The van der Waals surface area contributed by atoms with Crippen LogP contribution in [0.4, 0.5) is 14.9 Å². The van der Waals surface area contributed by atoms with Crippen LogP contribution in [0.2, 0.25) is 0 Å². The fraction of sp³-hybridized carbons (Fsp3) is 0.423. The highest BCUT2D eigenvalue weighted by atomic mass is 19.1. The van der Waals surface area contributed by atoms with Crippen LogP contribution >= 0.6 is 0 Å². The number of carbonyl (C=O) groups is 2. The van der Waals surface area contributed by atoms with E-state index in [1.165, 1.54) is 36.4 Å². The second-order valence-corrected chi connectivity index (χ2v) is 8.76. The molecule has 36 heavy (non-hydrogen) atoms. The maximum absolute atomic E-state index is 13.5. The van der Waals surface area contributed by atoms with Crippen molar-refractivity contribution in [2.75, 3.05) is 45.8 Å². The summed E-state index contributed by atoms with van der Waals surface area (Å²) in [4.78, 5) is 33.5. The maximum Gasteiger partial charge on any atom is 0.321 e. The lowest BCUT2D eigenvalue weighted by Crippen LogP contribution is -2.50. The molecule has 192 valence electrons. The highest BCUT2D eigenvalue weighted by molar-refractivity contribution is 5.97. The Kier molecular flexibility index (Phi) is 9.22. The molecule has 2 heterocycles. The average molecular weight is 499 g/mol. The van der Waals surface area contributed by atoms with Crippen molar-refractivity contribution in [3.05, 3.63) is 53.5 Å². The lowest BCUT2D eigenvalue weighted by Gasteiger charge is -2.37. The molecule has 0 aliphatic carbocycles. The number of halogens is 1. The van der Waals surface area contributed by atoms with Crippen LogP contribution < -0.4 is 10.1 Å². The van der Waals surface area contributed by atoms with Crippen molar-refractivity contribution in [1.82, 2.24) is 14.8 Å². The van der Waals surface area contributed by atoms with Gasteiger partial charge in [-0.3, -0.25) is 4.79 Å². The first-order valence-corrected chi connectivity index (χ1v) is 11.6. The average Bonchev–Trinajstić information content (AvgIpc) is 2.86. The highest BCUT2D eigenvalue weighted by Crippen LogP contribution is 2.27. The fourth-order valence-corrected chi connectivity index (χ4v) is 3.74. The number of hydrogen-bond acceptors (Lipinski definition) is 6. The molecule has 0 unspecified atom stereocenters. The molecule has 0 radical (unpaired) electrons. The molecule has 0 fully saturated rings. The second kappa shape index (κ2) is 12.3. The molecule has 1 aromatic heterocycles. The Hall–Kier alpha value is -3.68. The van der Waals surface area contributed by atoms with Gasteiger partial charge < -0.3 is 29.7 Å². The number of aliphatic hydroxyl groups is 1. The van der Waals surface area contributed by atoms with Gasteiger partial charge in [0, 0.05) is 44.1 Å². The topological polar surface area (TPSA) is 104 Å². The summed E-state index contributed by atoms with van der Waals surface area (Å²) in [5, 5.41) is 12.4. The molecule has 1 aliphatic heterocycles. The van der Waals surface area contributed by atoms with E-state index in [2.05, 4.69) is 22.1 Å². The van der Waals surface area contributed by atoms with Gasteiger partial charge >= 0.3 is 6.03 Å². The van der Waals surface area contributed by atoms with Crippen LogP contribution in [0, 0.1) is 23.6 Å². The van der Waals surface area contributed by atoms with Gasteiger partial charge in [-0.25, -0.2) is 14.2 Å². The Labute approximate surface area is 210 Å². The number of pyridine rings is 1. The van der Waals surface area contributed by atoms with E-state index in [0.717, 1.165) is 0 Å². The molecule has 0 saturated carbocycles. The number of ether oxygens (including phenoxy) is 2. The van der Waals surface area contributed by atoms with Gasteiger partial charge in [0.05, 0.1) is 19.2 Å². The minimum Gasteiger partial charge on any atom is -0.472 e. The first-order valence-electron chi connectivity index (χ1n) is 11.6. The van der Waals surface area contributed by atoms with Crippen molar-refractivity contribution >= 4 is 17.6 Å². The minimum absolute atomic E-state index is 0.128. The quantitative estimate of drug-likeness (QED) is 0.594. The Morgan fingerprint density at radius 1 is 1.44 bits per heavy atom. The van der Waals surface area contributed by atoms with Gasteiger partial charge in [0.15, 0.2) is 0 Å². The van der Waals surface area contributed by atoms with E-state index in [1.54, 1.807) is 31.0 Å². The van der Waals surface area contributed by atoms with E-state index >= 15 is 0 Å². The van der Waals surface area contributed by atoms with E-state index in [4.69, 9.17) is 9.47 Å². The Morgan fingerprint density at radius 2 is 2.22 bits per heavy atom. The van der Waals surface area contributed by atoms with Crippen LogP contribution in [0.15, 0.2) is 36.5 Å². The number of benzene rings is 1. The number of amides is 3. The third kappa shape index (κ3) is 6.71. The summed E-state index contributed by atoms with van der Waals surface area (Å²) in [7, 11) is 3.14. The molecule has 1 aliphatic rings. The molecule has 0 bridgehead atoms. The van der Waals surface area contributed by atoms with Crippen LogP contribution in [0.5, 0.6) is 5.88 Å². The third-order valence-electron chi connectivity index (χ3n) is 5.85. The van der Waals surface area contributed by atoms with Crippen LogP contribution in [-0.2, 0) is 4.74 Å². The smallest absolute Gasteiger partial charge is 0.321 e. The summed E-state index contributed by atoms with van der Waals surface area (Å²) in [6.45, 7) is 4.16. The van der Waals surface area contributed by atoms with E-state index in [-0.39, 0.29) is 43.0 Å². The van der Waals surface area contributed by atoms with Crippen molar-refractivity contribution < 1.29 is 28.6 Å². The van der Waals surface area contributed by atoms with Crippen molar-refractivity contribution in [3.63, 3.8) is 0 Å². The number of carbonyl (C=O) groups excluding carboxylic acids is 2. The number of urea groups is 1. The summed E-state index contributed by atoms with van der Waals surface area (Å²) in [5.41, 5.74) is 1.08. The van der Waals surface area contributed by atoms with Crippen molar-refractivity contribution in [3.8, 4) is 17.7 Å². The number of fused-ring (bicyclic) bond motifs is 1. The first-order chi connectivity index (χ1) is 17.2. The molecular weight excluding hydrogens is 467 g/mol. The molecule has 9 nitrogen and oxygen atoms in total. The molecule has 10 heteroatoms. The van der Waals surface area contributed by atoms with E-state index < -0.39 is 24.0 Å². The molecule has 3 rings (SSSR count). The maximum atomic E-state index is 13.5. The molecule has 0 saturated heterocycles. The van der Waals surface area contributed by atoms with Crippen molar-refractivity contribution in [2.45, 2.75) is 26.0 Å². The predicted molar refractivity (Wildman–Crippen MR) is 132 cm³/mol. The number of methoxy groups -OCH3 is 1. The fourth-order valence-electron chi connectivity index (χ4n) is 3.74. The lowest BCUT2D eigenvalue weighted by atomic mass is 10.00. The summed E-state index contributed by atoms with van der Waals surface area (Å²) >= 11 is 0. The number of likely N-dealkylation sites (N-methyl/N-ethyl adjacent to an activating group) is 1. The molecule has 1 aromatic carbocycles. The molecule has 2 aromatic rings. The Bertz CT molecular complexity index is 1150. The standard InChI is InChI=1S/C26H31FN4O5/c1-17-14-31(18(2)16-32)25(33)22-11-19(7-6-10-35-4)13-28-24(22)36-23(17)15-30(3)26(34)29-21-9-5-8-20(27)12-21/h5,8-9,11-13,17-18,23,32H,10,14-16H2,1-4H3,(H,29,34)/t17-,18-,23-/m1/s1. The zero-order chi connectivity index (χ0) is 26.2. The molecule has 3 amide bonds. The van der Waals surface area contributed by atoms with Gasteiger partial charge in [0.1, 0.15) is 24.1 Å². The molecule has 2 N–H and O–H groups in total. The zero-order valence-corrected chi connectivity index (χ0v) is 20.8. The van der Waals surface area contributed by atoms with E-state index in [9.17, 15) is 19.1 Å². The molecule has 0 spiro atoms. The Balaban J connectivity index is 1.87. The summed E-state index contributed by atoms with van der Waals surface area (Å²) in [6.07, 6.45) is 0.990. The van der Waals surface area contributed by atoms with E-state index in [0.29, 0.717) is 17.8 Å². The lowest BCUT2D eigenvalue weighted by molar-refractivity contribution is 0.0356. The van der Waals surface area contributed by atoms with Crippen LogP contribution in [0.25, 0.3) is 0 Å². The minimum atomic E-state index is -0.522. The summed E-state index contributed by atoms with van der Waals surface area (Å²) in [5.74, 6) is 4.88. The van der Waals surface area contributed by atoms with Crippen LogP contribution in [0.1, 0.15) is 29.8 Å². The van der Waals surface area contributed by atoms with Gasteiger partial charge in [0.2, 0.25) is 5.88 Å². The summed E-state index contributed by atoms with van der Waals surface area (Å²) < 4.78 is 24.6. The number of rotatable bonds is 6. The number of aliphatic hydroxyl groups excluding tert-OH is 1. The zero-order valence-electron chi connectivity index (χ0n) is 20.8. The van der Waals surface area contributed by atoms with Crippen LogP contribution in [-0.4, -0.2) is 84.4 Å². The number of nitrogens with zero attached hydrogens (tertiary/aromatic N) is 3. The molecular formula is C26H31FN4O5. The third-order valence-corrected chi connectivity index (χ3v) is 5.85. The first kappa shape index (κ1) is 26.9. The predicted octanol–water partition coefficient (Wildman–Crippen LogP) is 2.60. The number of nitrogens with one attached hydrogen (secondary N) is 1. The normalized spacial score (nSPS) is 18.1. The van der Waals surface area contributed by atoms with Gasteiger partial charge in [-0.05, 0) is 31.2 Å². The second-order valence-electron chi connectivity index (χ2n) is 8.76. The largest absolute Gasteiger partial charge is 0.472 e. The van der Waals surface area contributed by atoms with Gasteiger partial charge in [-0.2, -0.15) is 0 Å². The SMILES string of the molecule is COCC#Cc1cnc2c(c1)C(=O)N([C@H](C)CO)C[C@@H](C)[C@@H](CN(C)C(=O)Nc1cccc(F)c1)O2. The van der Waals surface area contributed by atoms with E-state index in [1.807, 2.05) is 6.92 Å². The monoisotopic (exact) mass is 498 g/mol. The number of anilines is 1. The van der Waals surface area contributed by atoms with Crippen molar-refractivity contribution in [2.24, 2.45) is 5.92 Å². The Morgan fingerprint density at radius 3 is 2.92 bits per heavy atom.